The molecule has 18 heavy (non-hydrogen) atoms. The van der Waals surface area contributed by atoms with Crippen molar-refractivity contribution in [3.05, 3.63) is 33.8 Å². The van der Waals surface area contributed by atoms with Gasteiger partial charge in [0, 0.05) is 11.0 Å². The summed E-state index contributed by atoms with van der Waals surface area (Å²) in [6, 6.07) is 5.55. The highest BCUT2D eigenvalue weighted by molar-refractivity contribution is 9.10. The number of aryl methyl sites for hydroxylation is 1. The molecule has 0 radical (unpaired) electrons. The fourth-order valence-electron chi connectivity index (χ4n) is 1.76. The molecule has 1 amide bonds. The Balaban J connectivity index is 2.58. The Labute approximate surface area is 117 Å². The Kier molecular flexibility index (Phi) is 5.82. The van der Waals surface area contributed by atoms with Crippen molar-refractivity contribution in [2.75, 3.05) is 6.54 Å². The Morgan fingerprint density at radius 1 is 1.44 bits per heavy atom. The van der Waals surface area contributed by atoms with Gasteiger partial charge in [-0.15, -0.1) is 0 Å². The minimum absolute atomic E-state index is 0.159. The molecule has 0 spiro atoms. The van der Waals surface area contributed by atoms with Crippen molar-refractivity contribution in [2.24, 2.45) is 5.92 Å². The lowest BCUT2D eigenvalue weighted by Crippen LogP contribution is -2.33. The van der Waals surface area contributed by atoms with E-state index in [-0.39, 0.29) is 12.5 Å². The summed E-state index contributed by atoms with van der Waals surface area (Å²) >= 11 is 3.40. The zero-order valence-electron chi connectivity index (χ0n) is 11.0. The van der Waals surface area contributed by atoms with E-state index < -0.39 is 6.10 Å². The van der Waals surface area contributed by atoms with Crippen molar-refractivity contribution in [3.8, 4) is 0 Å². The van der Waals surface area contributed by atoms with E-state index in [1.165, 1.54) is 0 Å². The number of rotatable bonds is 5. The Morgan fingerprint density at radius 3 is 2.72 bits per heavy atom. The molecular formula is C14H20BrNO2. The van der Waals surface area contributed by atoms with Crippen molar-refractivity contribution < 1.29 is 9.90 Å². The predicted octanol–water partition coefficient (Wildman–Crippen LogP) is 2.89. The Hall–Kier alpha value is -0.870. The van der Waals surface area contributed by atoms with E-state index in [0.29, 0.717) is 17.9 Å². The van der Waals surface area contributed by atoms with Crippen LogP contribution in [-0.4, -0.2) is 23.7 Å². The molecule has 0 saturated carbocycles. The third-order valence-electron chi connectivity index (χ3n) is 2.68. The third kappa shape index (κ3) is 4.42. The topological polar surface area (TPSA) is 49.3 Å². The zero-order valence-corrected chi connectivity index (χ0v) is 12.6. The second-order valence-corrected chi connectivity index (χ2v) is 5.72. The van der Waals surface area contributed by atoms with Crippen molar-refractivity contribution >= 4 is 21.8 Å². The van der Waals surface area contributed by atoms with Crippen LogP contribution in [0.3, 0.4) is 0 Å². The first-order valence-electron chi connectivity index (χ1n) is 6.13. The lowest BCUT2D eigenvalue weighted by atomic mass is 10.1. The number of hydrogen-bond acceptors (Lipinski definition) is 2. The Morgan fingerprint density at radius 2 is 2.11 bits per heavy atom. The number of nitrogens with one attached hydrogen (secondary N) is 1. The van der Waals surface area contributed by atoms with E-state index >= 15 is 0 Å². The first-order valence-corrected chi connectivity index (χ1v) is 6.92. The molecule has 1 atom stereocenters. The van der Waals surface area contributed by atoms with E-state index in [0.717, 1.165) is 10.0 Å². The molecule has 2 N–H and O–H groups in total. The maximum Gasteiger partial charge on any atom is 0.252 e. The van der Waals surface area contributed by atoms with Gasteiger partial charge in [-0.1, -0.05) is 26.0 Å². The minimum Gasteiger partial charge on any atom is -0.391 e. The molecule has 1 aromatic rings. The van der Waals surface area contributed by atoms with Gasteiger partial charge in [0.25, 0.3) is 5.91 Å². The molecule has 1 rings (SSSR count). The van der Waals surface area contributed by atoms with Gasteiger partial charge in [-0.2, -0.15) is 0 Å². The summed E-state index contributed by atoms with van der Waals surface area (Å²) in [4.78, 5) is 12.0. The second kappa shape index (κ2) is 6.90. The Bertz CT molecular complexity index is 418. The zero-order chi connectivity index (χ0) is 13.7. The molecule has 0 aliphatic heterocycles. The van der Waals surface area contributed by atoms with Crippen molar-refractivity contribution in [1.29, 1.82) is 0 Å². The SMILES string of the molecule is Cc1cccc(C(=O)NCC(O)CC(C)C)c1Br. The number of aliphatic hydroxyl groups excluding tert-OH is 1. The van der Waals surface area contributed by atoms with Gasteiger partial charge in [-0.3, -0.25) is 4.79 Å². The number of benzene rings is 1. The van der Waals surface area contributed by atoms with Crippen LogP contribution in [0.1, 0.15) is 36.2 Å². The molecule has 0 aliphatic rings. The van der Waals surface area contributed by atoms with Gasteiger partial charge in [0.2, 0.25) is 0 Å². The summed E-state index contributed by atoms with van der Waals surface area (Å²) < 4.78 is 0.806. The van der Waals surface area contributed by atoms with E-state index in [1.54, 1.807) is 6.07 Å². The number of carbonyl (C=O) groups excluding carboxylic acids is 1. The maximum atomic E-state index is 12.0. The molecule has 0 bridgehead atoms. The molecule has 1 unspecified atom stereocenters. The van der Waals surface area contributed by atoms with Crippen molar-refractivity contribution in [2.45, 2.75) is 33.3 Å². The van der Waals surface area contributed by atoms with Crippen molar-refractivity contribution in [3.63, 3.8) is 0 Å². The molecule has 0 fully saturated rings. The number of aliphatic hydroxyl groups is 1. The molecular weight excluding hydrogens is 294 g/mol. The first-order chi connectivity index (χ1) is 8.41. The van der Waals surface area contributed by atoms with E-state index in [2.05, 4.69) is 21.2 Å². The highest BCUT2D eigenvalue weighted by Crippen LogP contribution is 2.20. The molecule has 0 aromatic heterocycles. The van der Waals surface area contributed by atoms with Crippen LogP contribution in [0.5, 0.6) is 0 Å². The number of halogens is 1. The van der Waals surface area contributed by atoms with E-state index in [4.69, 9.17) is 0 Å². The molecule has 100 valence electrons. The summed E-state index contributed by atoms with van der Waals surface area (Å²) in [6.07, 6.45) is 0.201. The van der Waals surface area contributed by atoms with Crippen LogP contribution in [0.25, 0.3) is 0 Å². The molecule has 4 heteroatoms. The summed E-state index contributed by atoms with van der Waals surface area (Å²) in [5, 5.41) is 12.5. The fourth-order valence-corrected chi connectivity index (χ4v) is 2.20. The van der Waals surface area contributed by atoms with Crippen LogP contribution in [0.15, 0.2) is 22.7 Å². The minimum atomic E-state index is -0.488. The largest absolute Gasteiger partial charge is 0.391 e. The summed E-state index contributed by atoms with van der Waals surface area (Å²) in [7, 11) is 0. The average molecular weight is 314 g/mol. The molecule has 0 heterocycles. The van der Waals surface area contributed by atoms with Crippen LogP contribution in [0, 0.1) is 12.8 Å². The number of amides is 1. The van der Waals surface area contributed by atoms with Gasteiger partial charge < -0.3 is 10.4 Å². The van der Waals surface area contributed by atoms with Crippen LogP contribution < -0.4 is 5.32 Å². The lowest BCUT2D eigenvalue weighted by molar-refractivity contribution is 0.0899. The van der Waals surface area contributed by atoms with Crippen LogP contribution in [-0.2, 0) is 0 Å². The number of hydrogen-bond donors (Lipinski definition) is 2. The standard InChI is InChI=1S/C14H20BrNO2/c1-9(2)7-11(17)8-16-14(18)12-6-4-5-10(3)13(12)15/h4-6,9,11,17H,7-8H2,1-3H3,(H,16,18). The van der Waals surface area contributed by atoms with Gasteiger partial charge in [0.1, 0.15) is 0 Å². The normalized spacial score (nSPS) is 12.6. The third-order valence-corrected chi connectivity index (χ3v) is 3.73. The van der Waals surface area contributed by atoms with E-state index in [1.807, 2.05) is 32.9 Å². The monoisotopic (exact) mass is 313 g/mol. The predicted molar refractivity (Wildman–Crippen MR) is 76.7 cm³/mol. The van der Waals surface area contributed by atoms with Gasteiger partial charge in [0.05, 0.1) is 11.7 Å². The summed E-state index contributed by atoms with van der Waals surface area (Å²) in [6.45, 7) is 6.32. The summed E-state index contributed by atoms with van der Waals surface area (Å²) in [5.41, 5.74) is 1.62. The highest BCUT2D eigenvalue weighted by atomic mass is 79.9. The van der Waals surface area contributed by atoms with E-state index in [9.17, 15) is 9.90 Å². The number of carbonyl (C=O) groups is 1. The molecule has 1 aromatic carbocycles. The van der Waals surface area contributed by atoms with Crippen LogP contribution in [0.4, 0.5) is 0 Å². The van der Waals surface area contributed by atoms with Gasteiger partial charge >= 0.3 is 0 Å². The van der Waals surface area contributed by atoms with Gasteiger partial charge in [0.15, 0.2) is 0 Å². The second-order valence-electron chi connectivity index (χ2n) is 4.93. The van der Waals surface area contributed by atoms with Crippen LogP contribution in [0.2, 0.25) is 0 Å². The quantitative estimate of drug-likeness (QED) is 0.878. The van der Waals surface area contributed by atoms with Crippen molar-refractivity contribution in [1.82, 2.24) is 5.32 Å². The molecule has 0 saturated heterocycles. The van der Waals surface area contributed by atoms with Gasteiger partial charge in [-0.05, 0) is 46.8 Å². The molecule has 0 aliphatic carbocycles. The summed E-state index contributed by atoms with van der Waals surface area (Å²) in [5.74, 6) is 0.260. The fraction of sp³-hybridized carbons (Fsp3) is 0.500. The smallest absolute Gasteiger partial charge is 0.252 e. The highest BCUT2D eigenvalue weighted by Gasteiger charge is 2.13. The van der Waals surface area contributed by atoms with Crippen LogP contribution >= 0.6 is 15.9 Å². The lowest BCUT2D eigenvalue weighted by Gasteiger charge is -2.14. The average Bonchev–Trinajstić information content (AvgIpc) is 2.29. The van der Waals surface area contributed by atoms with Gasteiger partial charge in [-0.25, -0.2) is 0 Å². The maximum absolute atomic E-state index is 12.0. The first kappa shape index (κ1) is 15.2. The molecule has 3 nitrogen and oxygen atoms in total.